The van der Waals surface area contributed by atoms with Gasteiger partial charge in [-0.2, -0.15) is 5.10 Å². The Balaban J connectivity index is 2.07. The number of hydrogen-bond donors (Lipinski definition) is 2. The number of hydrazine groups is 1. The number of ether oxygens (including phenoxy) is 1. The van der Waals surface area contributed by atoms with E-state index in [2.05, 4.69) is 42.0 Å². The van der Waals surface area contributed by atoms with E-state index in [4.69, 9.17) is 10.6 Å². The zero-order valence-electron chi connectivity index (χ0n) is 12.2. The predicted molar refractivity (Wildman–Crippen MR) is 75.7 cm³/mol. The summed E-state index contributed by atoms with van der Waals surface area (Å²) < 4.78 is 7.99. The molecular weight excluding hydrogens is 240 g/mol. The molecule has 1 aromatic rings. The van der Waals surface area contributed by atoms with Crippen molar-refractivity contribution in [3.05, 3.63) is 17.5 Å². The van der Waals surface area contributed by atoms with Crippen LogP contribution in [0.3, 0.4) is 0 Å². The molecule has 3 unspecified atom stereocenters. The average Bonchev–Trinajstić information content (AvgIpc) is 3.01. The SMILES string of the molecule is CCc1cc(CC(NN)C2CCC(C)O2)n(CC)n1. The lowest BCUT2D eigenvalue weighted by atomic mass is 10.0. The maximum absolute atomic E-state index is 5.92. The Morgan fingerprint density at radius 2 is 2.32 bits per heavy atom. The van der Waals surface area contributed by atoms with E-state index in [0.717, 1.165) is 37.9 Å². The Morgan fingerprint density at radius 3 is 2.84 bits per heavy atom. The maximum atomic E-state index is 5.92. The Hall–Kier alpha value is -0.910. The second-order valence-electron chi connectivity index (χ2n) is 5.34. The second kappa shape index (κ2) is 6.50. The van der Waals surface area contributed by atoms with Crippen LogP contribution < -0.4 is 11.3 Å². The van der Waals surface area contributed by atoms with Crippen molar-refractivity contribution in [2.45, 2.75) is 71.2 Å². The van der Waals surface area contributed by atoms with Crippen LogP contribution in [0, 0.1) is 0 Å². The number of nitrogens with zero attached hydrogens (tertiary/aromatic N) is 2. The van der Waals surface area contributed by atoms with Crippen LogP contribution in [-0.4, -0.2) is 28.0 Å². The number of aromatic nitrogens is 2. The van der Waals surface area contributed by atoms with Crippen molar-refractivity contribution in [3.63, 3.8) is 0 Å². The largest absolute Gasteiger partial charge is 0.374 e. The molecule has 0 saturated carbocycles. The molecule has 0 spiro atoms. The smallest absolute Gasteiger partial charge is 0.0749 e. The fourth-order valence-corrected chi connectivity index (χ4v) is 2.78. The minimum absolute atomic E-state index is 0.164. The molecule has 2 rings (SSSR count). The molecule has 0 aliphatic carbocycles. The number of hydrogen-bond acceptors (Lipinski definition) is 4. The topological polar surface area (TPSA) is 65.1 Å². The Kier molecular flexibility index (Phi) is 4.96. The minimum Gasteiger partial charge on any atom is -0.374 e. The summed E-state index contributed by atoms with van der Waals surface area (Å²) in [5.41, 5.74) is 5.31. The molecule has 5 heteroatoms. The zero-order valence-corrected chi connectivity index (χ0v) is 12.2. The van der Waals surface area contributed by atoms with Gasteiger partial charge in [-0.1, -0.05) is 6.92 Å². The lowest BCUT2D eigenvalue weighted by Crippen LogP contribution is -2.45. The molecule has 5 nitrogen and oxygen atoms in total. The van der Waals surface area contributed by atoms with Crippen molar-refractivity contribution in [1.29, 1.82) is 0 Å². The molecule has 0 bridgehead atoms. The van der Waals surface area contributed by atoms with Gasteiger partial charge < -0.3 is 4.74 Å². The third-order valence-electron chi connectivity index (χ3n) is 3.93. The molecule has 0 amide bonds. The number of rotatable bonds is 6. The van der Waals surface area contributed by atoms with Crippen molar-refractivity contribution >= 4 is 0 Å². The van der Waals surface area contributed by atoms with Gasteiger partial charge in [-0.15, -0.1) is 0 Å². The van der Waals surface area contributed by atoms with Crippen molar-refractivity contribution in [1.82, 2.24) is 15.2 Å². The highest BCUT2D eigenvalue weighted by molar-refractivity contribution is 5.12. The lowest BCUT2D eigenvalue weighted by Gasteiger charge is -2.23. The van der Waals surface area contributed by atoms with E-state index in [9.17, 15) is 0 Å². The third kappa shape index (κ3) is 3.35. The Labute approximate surface area is 115 Å². The first-order valence-corrected chi connectivity index (χ1v) is 7.35. The van der Waals surface area contributed by atoms with Gasteiger partial charge in [0.1, 0.15) is 0 Å². The number of nitrogens with two attached hydrogens (primary N) is 1. The van der Waals surface area contributed by atoms with Crippen LogP contribution in [-0.2, 0) is 24.1 Å². The fourth-order valence-electron chi connectivity index (χ4n) is 2.78. The van der Waals surface area contributed by atoms with Crippen LogP contribution in [0.15, 0.2) is 6.07 Å². The molecule has 1 aliphatic rings. The summed E-state index contributed by atoms with van der Waals surface area (Å²) in [4.78, 5) is 0. The molecule has 3 N–H and O–H groups in total. The predicted octanol–water partition coefficient (Wildman–Crippen LogP) is 1.41. The zero-order chi connectivity index (χ0) is 13.8. The van der Waals surface area contributed by atoms with Crippen LogP contribution in [0.25, 0.3) is 0 Å². The second-order valence-corrected chi connectivity index (χ2v) is 5.34. The summed E-state index contributed by atoms with van der Waals surface area (Å²) in [6, 6.07) is 2.35. The van der Waals surface area contributed by atoms with Crippen LogP contribution in [0.1, 0.15) is 45.0 Å². The molecule has 108 valence electrons. The molecule has 1 saturated heterocycles. The van der Waals surface area contributed by atoms with Gasteiger partial charge in [-0.3, -0.25) is 16.0 Å². The molecule has 1 aliphatic heterocycles. The molecule has 19 heavy (non-hydrogen) atoms. The van der Waals surface area contributed by atoms with E-state index in [1.54, 1.807) is 0 Å². The quantitative estimate of drug-likeness (QED) is 0.603. The molecule has 1 aromatic heterocycles. The molecule has 1 fully saturated rings. The maximum Gasteiger partial charge on any atom is 0.0749 e. The van der Waals surface area contributed by atoms with Crippen molar-refractivity contribution in [3.8, 4) is 0 Å². The molecule has 0 aromatic carbocycles. The van der Waals surface area contributed by atoms with Gasteiger partial charge in [0.15, 0.2) is 0 Å². The third-order valence-corrected chi connectivity index (χ3v) is 3.93. The van der Waals surface area contributed by atoms with Gasteiger partial charge in [-0.05, 0) is 39.2 Å². The first-order valence-electron chi connectivity index (χ1n) is 7.35. The van der Waals surface area contributed by atoms with Crippen LogP contribution in [0.2, 0.25) is 0 Å². The van der Waals surface area contributed by atoms with Gasteiger partial charge in [0.25, 0.3) is 0 Å². The standard InChI is InChI=1S/C14H26N4O/c1-4-11-8-12(18(5-2)17-11)9-13(16-15)14-7-6-10(3)19-14/h8,10,13-14,16H,4-7,9,15H2,1-3H3. The van der Waals surface area contributed by atoms with Gasteiger partial charge in [0, 0.05) is 18.7 Å². The van der Waals surface area contributed by atoms with E-state index >= 15 is 0 Å². The number of aryl methyl sites for hydroxylation is 2. The summed E-state index contributed by atoms with van der Waals surface area (Å²) in [5.74, 6) is 5.72. The van der Waals surface area contributed by atoms with Gasteiger partial charge >= 0.3 is 0 Å². The average molecular weight is 266 g/mol. The minimum atomic E-state index is 0.164. The highest BCUT2D eigenvalue weighted by Gasteiger charge is 2.29. The highest BCUT2D eigenvalue weighted by Crippen LogP contribution is 2.23. The summed E-state index contributed by atoms with van der Waals surface area (Å²) in [6.07, 6.45) is 4.60. The van der Waals surface area contributed by atoms with E-state index in [-0.39, 0.29) is 12.1 Å². The van der Waals surface area contributed by atoms with E-state index in [0.29, 0.717) is 6.10 Å². The van der Waals surface area contributed by atoms with Crippen molar-refractivity contribution in [2.75, 3.05) is 0 Å². The summed E-state index contributed by atoms with van der Waals surface area (Å²) in [6.45, 7) is 7.27. The normalized spacial score (nSPS) is 24.8. The van der Waals surface area contributed by atoms with Gasteiger partial charge in [-0.25, -0.2) is 0 Å². The fraction of sp³-hybridized carbons (Fsp3) is 0.786. The first-order chi connectivity index (χ1) is 9.17. The monoisotopic (exact) mass is 266 g/mol. The number of nitrogens with one attached hydrogen (secondary N) is 1. The highest BCUT2D eigenvalue weighted by atomic mass is 16.5. The van der Waals surface area contributed by atoms with Gasteiger partial charge in [0.2, 0.25) is 0 Å². The Morgan fingerprint density at radius 1 is 1.53 bits per heavy atom. The summed E-state index contributed by atoms with van der Waals surface area (Å²) in [5, 5.41) is 4.58. The van der Waals surface area contributed by atoms with E-state index < -0.39 is 0 Å². The Bertz CT molecular complexity index is 404. The van der Waals surface area contributed by atoms with Gasteiger partial charge in [0.05, 0.1) is 23.9 Å². The van der Waals surface area contributed by atoms with Crippen molar-refractivity contribution in [2.24, 2.45) is 5.84 Å². The lowest BCUT2D eigenvalue weighted by molar-refractivity contribution is 0.0316. The summed E-state index contributed by atoms with van der Waals surface area (Å²) >= 11 is 0. The van der Waals surface area contributed by atoms with Crippen LogP contribution in [0.5, 0.6) is 0 Å². The first kappa shape index (κ1) is 14.5. The molecular formula is C14H26N4O. The molecule has 0 radical (unpaired) electrons. The van der Waals surface area contributed by atoms with Crippen LogP contribution >= 0.6 is 0 Å². The van der Waals surface area contributed by atoms with E-state index in [1.807, 2.05) is 0 Å². The van der Waals surface area contributed by atoms with Crippen LogP contribution in [0.4, 0.5) is 0 Å². The summed E-state index contributed by atoms with van der Waals surface area (Å²) in [7, 11) is 0. The molecule has 3 atom stereocenters. The van der Waals surface area contributed by atoms with Crippen molar-refractivity contribution < 1.29 is 4.74 Å². The van der Waals surface area contributed by atoms with E-state index in [1.165, 1.54) is 5.69 Å². The molecule has 2 heterocycles.